The molecule has 0 aliphatic carbocycles. The van der Waals surface area contributed by atoms with Crippen molar-refractivity contribution in [3.05, 3.63) is 47.7 Å². The largest absolute Gasteiger partial charge is 0.381 e. The predicted octanol–water partition coefficient (Wildman–Crippen LogP) is 2.13. The van der Waals surface area contributed by atoms with E-state index >= 15 is 0 Å². The number of halogens is 1. The third kappa shape index (κ3) is 4.97. The highest BCUT2D eigenvalue weighted by atomic mass is 32.2. The molecule has 2 aliphatic heterocycles. The van der Waals surface area contributed by atoms with Crippen molar-refractivity contribution in [3.8, 4) is 0 Å². The lowest BCUT2D eigenvalue weighted by Gasteiger charge is -2.38. The van der Waals surface area contributed by atoms with Crippen molar-refractivity contribution in [2.45, 2.75) is 43.0 Å². The molecule has 0 atom stereocenters. The molecular weight excluding hydrogens is 447 g/mol. The molecule has 4 rings (SSSR count). The van der Waals surface area contributed by atoms with Gasteiger partial charge < -0.3 is 14.6 Å². The topological polar surface area (TPSA) is 93.5 Å². The summed E-state index contributed by atoms with van der Waals surface area (Å²) in [5.74, 6) is -0.00105. The van der Waals surface area contributed by atoms with Gasteiger partial charge in [0.1, 0.15) is 11.6 Å². The lowest BCUT2D eigenvalue weighted by Crippen LogP contribution is -2.48. The molecular formula is C23H31FN4O4S. The number of aromatic nitrogens is 2. The zero-order valence-corrected chi connectivity index (χ0v) is 19.9. The van der Waals surface area contributed by atoms with Gasteiger partial charge in [0.05, 0.1) is 0 Å². The Morgan fingerprint density at radius 1 is 1.27 bits per heavy atom. The Bertz CT molecular complexity index is 1080. The van der Waals surface area contributed by atoms with Crippen LogP contribution in [0.4, 0.5) is 4.39 Å². The van der Waals surface area contributed by atoms with Crippen LogP contribution in [0.1, 0.15) is 37.1 Å². The van der Waals surface area contributed by atoms with Gasteiger partial charge in [0.2, 0.25) is 5.91 Å². The summed E-state index contributed by atoms with van der Waals surface area (Å²) in [7, 11) is -1.91. The predicted molar refractivity (Wildman–Crippen MR) is 121 cm³/mol. The second kappa shape index (κ2) is 9.52. The minimum atomic E-state index is -3.67. The zero-order valence-electron chi connectivity index (χ0n) is 19.1. The van der Waals surface area contributed by atoms with E-state index in [2.05, 4.69) is 10.3 Å². The lowest BCUT2D eigenvalue weighted by atomic mass is 9.74. The summed E-state index contributed by atoms with van der Waals surface area (Å²) in [4.78, 5) is 17.1. The van der Waals surface area contributed by atoms with Crippen LogP contribution in [0.5, 0.6) is 0 Å². The summed E-state index contributed by atoms with van der Waals surface area (Å²) in [6.07, 6.45) is 3.83. The van der Waals surface area contributed by atoms with E-state index < -0.39 is 10.0 Å². The van der Waals surface area contributed by atoms with E-state index in [0.29, 0.717) is 51.3 Å². The van der Waals surface area contributed by atoms with Crippen LogP contribution in [0, 0.1) is 18.7 Å². The van der Waals surface area contributed by atoms with Crippen LogP contribution in [0.2, 0.25) is 0 Å². The second-order valence-corrected chi connectivity index (χ2v) is 10.9. The lowest BCUT2D eigenvalue weighted by molar-refractivity contribution is -0.126. The number of hydrogen-bond acceptors (Lipinski definition) is 5. The average Bonchev–Trinajstić information content (AvgIpc) is 3.17. The van der Waals surface area contributed by atoms with E-state index in [0.717, 1.165) is 5.56 Å². The van der Waals surface area contributed by atoms with E-state index in [1.807, 2.05) is 6.07 Å². The first-order chi connectivity index (χ1) is 15.7. The molecule has 8 nitrogen and oxygen atoms in total. The monoisotopic (exact) mass is 478 g/mol. The third-order valence-corrected chi connectivity index (χ3v) is 8.77. The van der Waals surface area contributed by atoms with Crippen molar-refractivity contribution in [1.29, 1.82) is 0 Å². The number of nitrogens with zero attached hydrogens (tertiary/aromatic N) is 3. The summed E-state index contributed by atoms with van der Waals surface area (Å²) < 4.78 is 48.3. The third-order valence-electron chi connectivity index (χ3n) is 7.00. The van der Waals surface area contributed by atoms with Crippen LogP contribution in [0.3, 0.4) is 0 Å². The molecule has 0 spiro atoms. The van der Waals surface area contributed by atoms with Gasteiger partial charge in [-0.1, -0.05) is 12.1 Å². The number of amides is 1. The quantitative estimate of drug-likeness (QED) is 0.687. The van der Waals surface area contributed by atoms with Gasteiger partial charge in [-0.05, 0) is 50.3 Å². The standard InChI is InChI=1S/C23H31FN4O4S/c1-17-26-21(15-27(17)2)33(30,31)28-10-6-18(7-11-28)22(29)25-16-23(8-12-32-13-9-23)19-4-3-5-20(24)14-19/h3-5,14-15,18H,6-13,16H2,1-2H3,(H,25,29). The normalized spacial score (nSPS) is 20.0. The molecule has 0 unspecified atom stereocenters. The minimum Gasteiger partial charge on any atom is -0.381 e. The number of carbonyl (C=O) groups excluding carboxylic acids is 1. The van der Waals surface area contributed by atoms with Crippen LogP contribution in [-0.2, 0) is 32.0 Å². The summed E-state index contributed by atoms with van der Waals surface area (Å²) in [6, 6.07) is 6.57. The Labute approximate surface area is 194 Å². The molecule has 33 heavy (non-hydrogen) atoms. The van der Waals surface area contributed by atoms with Crippen molar-refractivity contribution in [3.63, 3.8) is 0 Å². The van der Waals surface area contributed by atoms with Crippen molar-refractivity contribution in [2.75, 3.05) is 32.8 Å². The SMILES string of the molecule is Cc1nc(S(=O)(=O)N2CCC(C(=O)NCC3(c4cccc(F)c4)CCOCC3)CC2)cn1C. The highest BCUT2D eigenvalue weighted by Gasteiger charge is 2.37. The number of nitrogens with one attached hydrogen (secondary N) is 1. The summed E-state index contributed by atoms with van der Waals surface area (Å²) >= 11 is 0. The van der Waals surface area contributed by atoms with Crippen LogP contribution < -0.4 is 5.32 Å². The molecule has 1 N–H and O–H groups in total. The molecule has 0 saturated carbocycles. The summed E-state index contributed by atoms with van der Waals surface area (Å²) in [5, 5.41) is 3.12. The Balaban J connectivity index is 1.37. The molecule has 1 amide bonds. The van der Waals surface area contributed by atoms with E-state index in [9.17, 15) is 17.6 Å². The minimum absolute atomic E-state index is 0.0435. The zero-order chi connectivity index (χ0) is 23.6. The number of benzene rings is 1. The van der Waals surface area contributed by atoms with Gasteiger partial charge in [0.25, 0.3) is 10.0 Å². The molecule has 0 bridgehead atoms. The molecule has 2 aromatic rings. The van der Waals surface area contributed by atoms with Gasteiger partial charge in [-0.15, -0.1) is 0 Å². The molecule has 1 aromatic heterocycles. The van der Waals surface area contributed by atoms with Crippen molar-refractivity contribution >= 4 is 15.9 Å². The van der Waals surface area contributed by atoms with Gasteiger partial charge in [0, 0.05) is 57.4 Å². The van der Waals surface area contributed by atoms with Gasteiger partial charge in [-0.2, -0.15) is 4.31 Å². The fraction of sp³-hybridized carbons (Fsp3) is 0.565. The van der Waals surface area contributed by atoms with Crippen LogP contribution in [0.15, 0.2) is 35.5 Å². The van der Waals surface area contributed by atoms with E-state index in [1.165, 1.54) is 16.6 Å². The molecule has 1 aromatic carbocycles. The number of sulfonamides is 1. The maximum absolute atomic E-state index is 13.9. The highest BCUT2D eigenvalue weighted by Crippen LogP contribution is 2.35. The first-order valence-electron chi connectivity index (χ1n) is 11.3. The highest BCUT2D eigenvalue weighted by molar-refractivity contribution is 7.89. The van der Waals surface area contributed by atoms with Crippen LogP contribution in [-0.4, -0.2) is 61.0 Å². The van der Waals surface area contributed by atoms with E-state index in [-0.39, 0.29) is 41.2 Å². The van der Waals surface area contributed by atoms with Crippen molar-refractivity contribution in [2.24, 2.45) is 13.0 Å². The number of rotatable bonds is 6. The van der Waals surface area contributed by atoms with Crippen molar-refractivity contribution in [1.82, 2.24) is 19.2 Å². The smallest absolute Gasteiger partial charge is 0.262 e. The molecule has 0 radical (unpaired) electrons. The fourth-order valence-corrected chi connectivity index (χ4v) is 6.18. The number of hydrogen-bond donors (Lipinski definition) is 1. The molecule has 2 saturated heterocycles. The Morgan fingerprint density at radius 3 is 2.58 bits per heavy atom. The first kappa shape index (κ1) is 23.8. The molecule has 180 valence electrons. The molecule has 2 fully saturated rings. The molecule has 10 heteroatoms. The number of carbonyl (C=O) groups is 1. The van der Waals surface area contributed by atoms with Crippen LogP contribution >= 0.6 is 0 Å². The van der Waals surface area contributed by atoms with Gasteiger partial charge >= 0.3 is 0 Å². The number of ether oxygens (including phenoxy) is 1. The Hall–Kier alpha value is -2.30. The maximum atomic E-state index is 13.9. The number of imidazole rings is 1. The van der Waals surface area contributed by atoms with Gasteiger partial charge in [0.15, 0.2) is 5.03 Å². The fourth-order valence-electron chi connectivity index (χ4n) is 4.69. The Morgan fingerprint density at radius 2 is 1.97 bits per heavy atom. The maximum Gasteiger partial charge on any atom is 0.262 e. The van der Waals surface area contributed by atoms with E-state index in [1.54, 1.807) is 30.7 Å². The Kier molecular flexibility index (Phi) is 6.88. The molecule has 3 heterocycles. The first-order valence-corrected chi connectivity index (χ1v) is 12.8. The second-order valence-electron chi connectivity index (χ2n) is 9.04. The van der Waals surface area contributed by atoms with Gasteiger partial charge in [-0.25, -0.2) is 17.8 Å². The molecule has 2 aliphatic rings. The van der Waals surface area contributed by atoms with Gasteiger partial charge in [-0.3, -0.25) is 4.79 Å². The van der Waals surface area contributed by atoms with Crippen molar-refractivity contribution < 1.29 is 22.3 Å². The van der Waals surface area contributed by atoms with E-state index in [4.69, 9.17) is 4.74 Å². The summed E-state index contributed by atoms with van der Waals surface area (Å²) in [6.45, 7) is 3.85. The average molecular weight is 479 g/mol. The van der Waals surface area contributed by atoms with Crippen LogP contribution in [0.25, 0.3) is 0 Å². The number of piperidine rings is 1. The number of aryl methyl sites for hydroxylation is 2. The summed E-state index contributed by atoms with van der Waals surface area (Å²) in [5.41, 5.74) is 0.509.